The molecule has 0 saturated heterocycles. The van der Waals surface area contributed by atoms with Gasteiger partial charge in [0, 0.05) is 0 Å². The van der Waals surface area contributed by atoms with Crippen LogP contribution in [-0.4, -0.2) is 5.31 Å². The first-order chi connectivity index (χ1) is 5.17. The normalized spacial score (nSPS) is 11.1. The van der Waals surface area contributed by atoms with Crippen LogP contribution in [0.4, 0.5) is 0 Å². The second-order valence-corrected chi connectivity index (χ2v) is 15.1. The van der Waals surface area contributed by atoms with Gasteiger partial charge >= 0.3 is 0 Å². The lowest BCUT2D eigenvalue weighted by Crippen LogP contribution is -2.32. The van der Waals surface area contributed by atoms with Crippen LogP contribution in [0.3, 0.4) is 0 Å². The molecule has 0 aliphatic carbocycles. The van der Waals surface area contributed by atoms with Crippen molar-refractivity contribution in [1.82, 2.24) is 0 Å². The molecule has 0 aliphatic heterocycles. The molecule has 0 N–H and O–H groups in total. The van der Waals surface area contributed by atoms with Crippen molar-refractivity contribution in [2.24, 2.45) is 0 Å². The first-order valence-electron chi connectivity index (χ1n) is 3.24. The second kappa shape index (κ2) is 3.69. The molecule has 3 heteroatoms. The molecule has 0 aliphatic rings. The predicted molar refractivity (Wildman–Crippen MR) is 59.9 cm³/mol. The third kappa shape index (κ3) is 2.29. The van der Waals surface area contributed by atoms with Crippen LogP contribution in [0.1, 0.15) is 0 Å². The molecule has 1 aromatic carbocycles. The van der Waals surface area contributed by atoms with E-state index in [0.717, 1.165) is 0 Å². The van der Waals surface area contributed by atoms with Crippen LogP contribution in [0, 0.1) is 0 Å². The maximum Gasteiger partial charge on any atom is 0.252 e. The Morgan fingerprint density at radius 3 is 2.18 bits per heavy atom. The van der Waals surface area contributed by atoms with Gasteiger partial charge in [-0.05, 0) is 5.19 Å². The SMILES string of the molecule is C=C[Si](Br)(Br)c1ccccc1. The van der Waals surface area contributed by atoms with E-state index in [9.17, 15) is 0 Å². The van der Waals surface area contributed by atoms with Crippen LogP contribution < -0.4 is 5.19 Å². The number of hydrogen-bond donors (Lipinski definition) is 0. The first-order valence-corrected chi connectivity index (χ1v) is 9.83. The summed E-state index contributed by atoms with van der Waals surface area (Å²) in [6.07, 6.45) is 0. The summed E-state index contributed by atoms with van der Waals surface area (Å²) in [6.45, 7) is 3.78. The molecule has 0 bridgehead atoms. The highest BCUT2D eigenvalue weighted by molar-refractivity contribution is 9.52. The minimum absolute atomic E-state index is 1.29. The van der Waals surface area contributed by atoms with Gasteiger partial charge in [-0.3, -0.25) is 0 Å². The minimum Gasteiger partial charge on any atom is -0.105 e. The highest BCUT2D eigenvalue weighted by Crippen LogP contribution is 2.20. The molecule has 0 amide bonds. The number of rotatable bonds is 2. The highest BCUT2D eigenvalue weighted by atomic mass is 79.9. The summed E-state index contributed by atoms with van der Waals surface area (Å²) in [7, 11) is 0. The van der Waals surface area contributed by atoms with E-state index in [1.807, 2.05) is 23.9 Å². The standard InChI is InChI=1S/C8H8Br2Si/c1-2-11(9,10)8-6-4-3-5-7-8/h2-7H,1H2. The lowest BCUT2D eigenvalue weighted by Gasteiger charge is -2.11. The van der Waals surface area contributed by atoms with Crippen LogP contribution in [0.5, 0.6) is 0 Å². The minimum atomic E-state index is -1.66. The van der Waals surface area contributed by atoms with E-state index in [-0.39, 0.29) is 0 Å². The zero-order valence-electron chi connectivity index (χ0n) is 5.93. The Hall–Kier alpha value is 0.137. The Balaban J connectivity index is 3.02. The Morgan fingerprint density at radius 2 is 1.73 bits per heavy atom. The molecule has 58 valence electrons. The fourth-order valence-electron chi connectivity index (χ4n) is 0.778. The van der Waals surface area contributed by atoms with Crippen molar-refractivity contribution in [3.63, 3.8) is 0 Å². The Morgan fingerprint density at radius 1 is 1.18 bits per heavy atom. The van der Waals surface area contributed by atoms with Crippen LogP contribution in [-0.2, 0) is 0 Å². The fraction of sp³-hybridized carbons (Fsp3) is 0. The van der Waals surface area contributed by atoms with E-state index < -0.39 is 5.31 Å². The summed E-state index contributed by atoms with van der Waals surface area (Å²) in [5.74, 6) is 0. The van der Waals surface area contributed by atoms with Crippen molar-refractivity contribution in [3.05, 3.63) is 42.6 Å². The van der Waals surface area contributed by atoms with Crippen molar-refractivity contribution >= 4 is 41.1 Å². The topological polar surface area (TPSA) is 0 Å². The van der Waals surface area contributed by atoms with Gasteiger partial charge in [0.05, 0.1) is 0 Å². The van der Waals surface area contributed by atoms with Gasteiger partial charge in [-0.2, -0.15) is 0 Å². The summed E-state index contributed by atoms with van der Waals surface area (Å²) >= 11 is 7.25. The second-order valence-electron chi connectivity index (χ2n) is 2.19. The van der Waals surface area contributed by atoms with Crippen molar-refractivity contribution < 1.29 is 0 Å². The van der Waals surface area contributed by atoms with Gasteiger partial charge in [0.2, 0.25) is 0 Å². The molecular weight excluding hydrogens is 284 g/mol. The summed E-state index contributed by atoms with van der Waals surface area (Å²) in [6, 6.07) is 10.3. The monoisotopic (exact) mass is 290 g/mol. The van der Waals surface area contributed by atoms with Crippen LogP contribution in [0.15, 0.2) is 42.6 Å². The first kappa shape index (κ1) is 9.23. The van der Waals surface area contributed by atoms with Gasteiger partial charge in [-0.25, -0.2) is 0 Å². The predicted octanol–water partition coefficient (Wildman–Crippen LogP) is 2.85. The van der Waals surface area contributed by atoms with Crippen molar-refractivity contribution in [1.29, 1.82) is 0 Å². The molecule has 1 rings (SSSR count). The zero-order chi connectivity index (χ0) is 8.32. The lowest BCUT2D eigenvalue weighted by atomic mass is 10.4. The third-order valence-electron chi connectivity index (χ3n) is 1.42. The van der Waals surface area contributed by atoms with E-state index in [1.54, 1.807) is 0 Å². The summed E-state index contributed by atoms with van der Waals surface area (Å²) in [4.78, 5) is 0. The number of benzene rings is 1. The van der Waals surface area contributed by atoms with E-state index in [0.29, 0.717) is 0 Å². The Bertz CT molecular complexity index is 244. The number of hydrogen-bond acceptors (Lipinski definition) is 0. The summed E-state index contributed by atoms with van der Waals surface area (Å²) in [5.41, 5.74) is 1.95. The van der Waals surface area contributed by atoms with Crippen molar-refractivity contribution in [3.8, 4) is 0 Å². The lowest BCUT2D eigenvalue weighted by molar-refractivity contribution is 1.77. The molecule has 0 spiro atoms. The largest absolute Gasteiger partial charge is 0.252 e. The average Bonchev–Trinajstić information content (AvgIpc) is 2.06. The molecular formula is C8H8Br2Si. The van der Waals surface area contributed by atoms with Gasteiger partial charge in [-0.15, -0.1) is 6.58 Å². The molecule has 0 unspecified atom stereocenters. The quantitative estimate of drug-likeness (QED) is 0.581. The van der Waals surface area contributed by atoms with E-state index in [2.05, 4.69) is 49.3 Å². The van der Waals surface area contributed by atoms with Gasteiger partial charge in [-0.1, -0.05) is 66.6 Å². The molecule has 0 heterocycles. The van der Waals surface area contributed by atoms with Gasteiger partial charge in [0.25, 0.3) is 5.31 Å². The highest BCUT2D eigenvalue weighted by Gasteiger charge is 2.23. The Kier molecular flexibility index (Phi) is 3.10. The van der Waals surface area contributed by atoms with Crippen LogP contribution >= 0.6 is 30.6 Å². The summed E-state index contributed by atoms with van der Waals surface area (Å²) < 4.78 is 0. The molecule has 0 radical (unpaired) electrons. The van der Waals surface area contributed by atoms with Crippen molar-refractivity contribution in [2.75, 3.05) is 0 Å². The van der Waals surface area contributed by atoms with E-state index in [1.165, 1.54) is 5.19 Å². The molecule has 1 aromatic rings. The number of halogens is 2. The zero-order valence-corrected chi connectivity index (χ0v) is 10.1. The third-order valence-corrected chi connectivity index (χ3v) is 7.72. The van der Waals surface area contributed by atoms with Gasteiger partial charge in [0.1, 0.15) is 0 Å². The molecule has 0 fully saturated rings. The Labute approximate surface area is 83.5 Å². The van der Waals surface area contributed by atoms with Crippen LogP contribution in [0.2, 0.25) is 0 Å². The van der Waals surface area contributed by atoms with E-state index in [4.69, 9.17) is 0 Å². The molecule has 11 heavy (non-hydrogen) atoms. The fourth-order valence-corrected chi connectivity index (χ4v) is 3.24. The van der Waals surface area contributed by atoms with Crippen molar-refractivity contribution in [2.45, 2.75) is 0 Å². The molecule has 0 atom stereocenters. The van der Waals surface area contributed by atoms with Crippen LogP contribution in [0.25, 0.3) is 0 Å². The molecule has 0 aromatic heterocycles. The maximum absolute atomic E-state index is 3.78. The molecule has 0 nitrogen and oxygen atoms in total. The van der Waals surface area contributed by atoms with Gasteiger partial charge in [0.15, 0.2) is 0 Å². The summed E-state index contributed by atoms with van der Waals surface area (Å²) in [5, 5.41) is -0.377. The van der Waals surface area contributed by atoms with Gasteiger partial charge < -0.3 is 0 Å². The smallest absolute Gasteiger partial charge is 0.105 e. The van der Waals surface area contributed by atoms with E-state index >= 15 is 0 Å². The molecule has 0 saturated carbocycles. The maximum atomic E-state index is 3.78. The average molecular weight is 292 g/mol.